The van der Waals surface area contributed by atoms with Gasteiger partial charge in [0.1, 0.15) is 5.82 Å². The largest absolute Gasteiger partial charge is 0.372 e. The third-order valence-corrected chi connectivity index (χ3v) is 6.32. The second kappa shape index (κ2) is 9.30. The Morgan fingerprint density at radius 2 is 1.91 bits per heavy atom. The molecule has 1 fully saturated rings. The Balaban J connectivity index is 1.48. The third kappa shape index (κ3) is 4.28. The Hall–Kier alpha value is -3.66. The monoisotopic (exact) mass is 460 g/mol. The topological polar surface area (TPSA) is 115 Å². The summed E-state index contributed by atoms with van der Waals surface area (Å²) in [4.78, 5) is 16.7. The molecule has 4 aromatic rings. The predicted octanol–water partition coefficient (Wildman–Crippen LogP) is 3.17. The first-order valence-corrected chi connectivity index (χ1v) is 11.8. The Morgan fingerprint density at radius 3 is 2.65 bits per heavy atom. The number of aromatic nitrogens is 6. The molecule has 1 saturated heterocycles. The van der Waals surface area contributed by atoms with Crippen molar-refractivity contribution in [2.24, 2.45) is 5.73 Å². The first kappa shape index (κ1) is 22.1. The standard InChI is InChI=1S/C24H32N10/c1-16(2)33-15-28-21-22(29-24(30-23(21)33)32-11-8-18(25)9-12-32)27-14-17-6-4-5-7-19(17)34-13-10-20(26-3)31-34/h4-7,10,13,15-16,18H,8-9,11-12,14,25H2,1-3H3,(H,26,31)(H,27,29,30). The highest BCUT2D eigenvalue weighted by atomic mass is 15.3. The summed E-state index contributed by atoms with van der Waals surface area (Å²) in [6, 6.07) is 10.7. The normalized spacial score (nSPS) is 14.8. The molecule has 0 unspecified atom stereocenters. The fourth-order valence-corrected chi connectivity index (χ4v) is 4.30. The number of imidazole rings is 1. The van der Waals surface area contributed by atoms with Crippen molar-refractivity contribution in [3.8, 4) is 5.69 Å². The van der Waals surface area contributed by atoms with Gasteiger partial charge in [0.05, 0.1) is 12.0 Å². The van der Waals surface area contributed by atoms with Gasteiger partial charge in [-0.2, -0.15) is 15.1 Å². The van der Waals surface area contributed by atoms with Gasteiger partial charge in [-0.1, -0.05) is 18.2 Å². The molecular weight excluding hydrogens is 428 g/mol. The van der Waals surface area contributed by atoms with Crippen LogP contribution in [0.3, 0.4) is 0 Å². The average Bonchev–Trinajstić information content (AvgIpc) is 3.50. The zero-order valence-electron chi connectivity index (χ0n) is 19.9. The van der Waals surface area contributed by atoms with E-state index in [1.165, 1.54) is 0 Å². The highest BCUT2D eigenvalue weighted by Gasteiger charge is 2.22. The fraction of sp³-hybridized carbons (Fsp3) is 0.417. The maximum absolute atomic E-state index is 6.12. The number of rotatable bonds is 7. The summed E-state index contributed by atoms with van der Waals surface area (Å²) < 4.78 is 3.98. The molecule has 0 bridgehead atoms. The van der Waals surface area contributed by atoms with E-state index < -0.39 is 0 Å². The van der Waals surface area contributed by atoms with Crippen LogP contribution >= 0.6 is 0 Å². The highest BCUT2D eigenvalue weighted by molar-refractivity contribution is 5.84. The Labute approximate surface area is 199 Å². The van der Waals surface area contributed by atoms with Crippen molar-refractivity contribution in [1.29, 1.82) is 0 Å². The summed E-state index contributed by atoms with van der Waals surface area (Å²) in [5.41, 5.74) is 9.86. The van der Waals surface area contributed by atoms with Crippen LogP contribution in [0.5, 0.6) is 0 Å². The van der Waals surface area contributed by atoms with Crippen molar-refractivity contribution in [1.82, 2.24) is 29.3 Å². The van der Waals surface area contributed by atoms with Gasteiger partial charge < -0.3 is 25.8 Å². The summed E-state index contributed by atoms with van der Waals surface area (Å²) in [5, 5.41) is 11.2. The van der Waals surface area contributed by atoms with E-state index in [-0.39, 0.29) is 12.1 Å². The molecule has 10 nitrogen and oxygen atoms in total. The summed E-state index contributed by atoms with van der Waals surface area (Å²) >= 11 is 0. The van der Waals surface area contributed by atoms with E-state index in [1.54, 1.807) is 0 Å². The molecule has 1 aliphatic rings. The summed E-state index contributed by atoms with van der Waals surface area (Å²) in [6.45, 7) is 6.57. The van der Waals surface area contributed by atoms with E-state index in [4.69, 9.17) is 15.7 Å². The second-order valence-electron chi connectivity index (χ2n) is 8.99. The summed E-state index contributed by atoms with van der Waals surface area (Å²) in [7, 11) is 1.87. The van der Waals surface area contributed by atoms with E-state index in [2.05, 4.69) is 56.2 Å². The van der Waals surface area contributed by atoms with Crippen LogP contribution in [0.15, 0.2) is 42.9 Å². The maximum atomic E-state index is 6.12. The van der Waals surface area contributed by atoms with E-state index in [0.717, 1.165) is 65.9 Å². The van der Waals surface area contributed by atoms with Crippen LogP contribution in [-0.4, -0.2) is 55.5 Å². The van der Waals surface area contributed by atoms with Crippen molar-refractivity contribution in [2.75, 3.05) is 35.7 Å². The van der Waals surface area contributed by atoms with E-state index >= 15 is 0 Å². The van der Waals surface area contributed by atoms with Gasteiger partial charge in [-0.3, -0.25) is 0 Å². The number of anilines is 3. The van der Waals surface area contributed by atoms with Gasteiger partial charge in [0.25, 0.3) is 0 Å². The summed E-state index contributed by atoms with van der Waals surface area (Å²) in [6.07, 6.45) is 5.69. The number of para-hydroxylation sites is 1. The highest BCUT2D eigenvalue weighted by Crippen LogP contribution is 2.27. The molecule has 1 aliphatic heterocycles. The lowest BCUT2D eigenvalue weighted by molar-refractivity contribution is 0.495. The Bertz CT molecular complexity index is 1270. The molecule has 4 N–H and O–H groups in total. The van der Waals surface area contributed by atoms with Gasteiger partial charge in [0.15, 0.2) is 17.0 Å². The lowest BCUT2D eigenvalue weighted by atomic mass is 10.1. The van der Waals surface area contributed by atoms with Crippen LogP contribution < -0.4 is 21.3 Å². The molecule has 0 saturated carbocycles. The molecular formula is C24H32N10. The quantitative estimate of drug-likeness (QED) is 0.385. The third-order valence-electron chi connectivity index (χ3n) is 6.32. The molecule has 34 heavy (non-hydrogen) atoms. The molecule has 0 amide bonds. The van der Waals surface area contributed by atoms with Crippen LogP contribution in [0, 0.1) is 0 Å². The number of nitrogens with zero attached hydrogens (tertiary/aromatic N) is 7. The molecule has 0 radical (unpaired) electrons. The lowest BCUT2D eigenvalue weighted by Crippen LogP contribution is -2.40. The molecule has 0 aliphatic carbocycles. The van der Waals surface area contributed by atoms with Crippen molar-refractivity contribution < 1.29 is 0 Å². The number of benzene rings is 1. The van der Waals surface area contributed by atoms with Gasteiger partial charge in [-0.25, -0.2) is 9.67 Å². The lowest BCUT2D eigenvalue weighted by Gasteiger charge is -2.30. The maximum Gasteiger partial charge on any atom is 0.229 e. The first-order valence-electron chi connectivity index (χ1n) is 11.8. The molecule has 0 spiro atoms. The van der Waals surface area contributed by atoms with Crippen LogP contribution in [0.25, 0.3) is 16.9 Å². The van der Waals surface area contributed by atoms with Crippen LogP contribution in [0.4, 0.5) is 17.6 Å². The minimum absolute atomic E-state index is 0.247. The average molecular weight is 461 g/mol. The summed E-state index contributed by atoms with van der Waals surface area (Å²) in [5.74, 6) is 2.29. The molecule has 3 aromatic heterocycles. The zero-order chi connectivity index (χ0) is 23.7. The number of nitrogens with one attached hydrogen (secondary N) is 2. The Kier molecular flexibility index (Phi) is 6.06. The van der Waals surface area contributed by atoms with Gasteiger partial charge in [0, 0.05) is 51.0 Å². The molecule has 0 atom stereocenters. The van der Waals surface area contributed by atoms with Gasteiger partial charge in [-0.05, 0) is 38.3 Å². The van der Waals surface area contributed by atoms with E-state index in [0.29, 0.717) is 6.54 Å². The molecule has 5 rings (SSSR count). The first-order chi connectivity index (χ1) is 16.5. The fourth-order valence-electron chi connectivity index (χ4n) is 4.30. The Morgan fingerprint density at radius 1 is 1.12 bits per heavy atom. The van der Waals surface area contributed by atoms with Crippen molar-refractivity contribution in [3.63, 3.8) is 0 Å². The number of hydrogen-bond donors (Lipinski definition) is 3. The number of piperidine rings is 1. The molecule has 178 valence electrons. The predicted molar refractivity (Wildman–Crippen MR) is 136 cm³/mol. The van der Waals surface area contributed by atoms with Crippen molar-refractivity contribution >= 4 is 28.7 Å². The number of hydrogen-bond acceptors (Lipinski definition) is 8. The van der Waals surface area contributed by atoms with Crippen LogP contribution in [0.2, 0.25) is 0 Å². The van der Waals surface area contributed by atoms with Crippen molar-refractivity contribution in [2.45, 2.75) is 45.3 Å². The zero-order valence-corrected chi connectivity index (χ0v) is 19.9. The van der Waals surface area contributed by atoms with Crippen LogP contribution in [-0.2, 0) is 6.54 Å². The van der Waals surface area contributed by atoms with Gasteiger partial charge >= 0.3 is 0 Å². The van der Waals surface area contributed by atoms with E-state index in [9.17, 15) is 0 Å². The smallest absolute Gasteiger partial charge is 0.229 e. The van der Waals surface area contributed by atoms with Gasteiger partial charge in [0.2, 0.25) is 5.95 Å². The van der Waals surface area contributed by atoms with Crippen LogP contribution in [0.1, 0.15) is 38.3 Å². The minimum atomic E-state index is 0.247. The van der Waals surface area contributed by atoms with E-state index in [1.807, 2.05) is 42.5 Å². The SMILES string of the molecule is CNc1ccn(-c2ccccc2CNc2nc(N3CCC(N)CC3)nc3c2ncn3C(C)C)n1. The van der Waals surface area contributed by atoms with Gasteiger partial charge in [-0.15, -0.1) is 0 Å². The second-order valence-corrected chi connectivity index (χ2v) is 8.99. The molecule has 10 heteroatoms. The number of nitrogens with two attached hydrogens (primary N) is 1. The number of fused-ring (bicyclic) bond motifs is 1. The molecule has 4 heterocycles. The van der Waals surface area contributed by atoms with Crippen molar-refractivity contribution in [3.05, 3.63) is 48.4 Å². The minimum Gasteiger partial charge on any atom is -0.372 e. The molecule has 1 aromatic carbocycles.